The molecule has 6 heteroatoms. The molecule has 3 aromatic rings. The first-order chi connectivity index (χ1) is 14.7. The summed E-state index contributed by atoms with van der Waals surface area (Å²) in [5.41, 5.74) is 2.96. The van der Waals surface area contributed by atoms with E-state index in [1.54, 1.807) is 0 Å². The van der Waals surface area contributed by atoms with Crippen molar-refractivity contribution in [3.05, 3.63) is 76.7 Å². The van der Waals surface area contributed by atoms with Gasteiger partial charge in [0.05, 0.1) is 30.4 Å². The van der Waals surface area contributed by atoms with Gasteiger partial charge >= 0.3 is 5.69 Å². The third-order valence-electron chi connectivity index (χ3n) is 5.65. The summed E-state index contributed by atoms with van der Waals surface area (Å²) >= 11 is 0. The summed E-state index contributed by atoms with van der Waals surface area (Å²) in [4.78, 5) is 17.6. The number of H-pyrrole nitrogens is 1. The lowest BCUT2D eigenvalue weighted by atomic mass is 10.0. The van der Waals surface area contributed by atoms with Crippen LogP contribution in [0.5, 0.6) is 0 Å². The van der Waals surface area contributed by atoms with E-state index in [2.05, 4.69) is 9.88 Å². The maximum Gasteiger partial charge on any atom is 0.326 e. The Bertz CT molecular complexity index is 1020. The first-order valence-electron chi connectivity index (χ1n) is 10.6. The van der Waals surface area contributed by atoms with Crippen molar-refractivity contribution in [1.29, 1.82) is 0 Å². The van der Waals surface area contributed by atoms with Crippen molar-refractivity contribution in [2.75, 3.05) is 32.8 Å². The van der Waals surface area contributed by atoms with Gasteiger partial charge in [0.15, 0.2) is 0 Å². The molecule has 2 heterocycles. The number of aromatic amines is 1. The normalized spacial score (nSPS) is 17.1. The Hall–Kier alpha value is -2.67. The zero-order valence-corrected chi connectivity index (χ0v) is 17.1. The van der Waals surface area contributed by atoms with Crippen LogP contribution in [0.3, 0.4) is 0 Å². The Morgan fingerprint density at radius 2 is 1.83 bits per heavy atom. The zero-order valence-electron chi connectivity index (χ0n) is 17.1. The molecule has 30 heavy (non-hydrogen) atoms. The maximum atomic E-state index is 12.4. The van der Waals surface area contributed by atoms with Gasteiger partial charge < -0.3 is 19.7 Å². The fraction of sp³-hybridized carbons (Fsp3) is 0.375. The van der Waals surface area contributed by atoms with Crippen LogP contribution in [0.2, 0.25) is 0 Å². The summed E-state index contributed by atoms with van der Waals surface area (Å²) in [6.07, 6.45) is 5.27. The molecule has 4 rings (SSSR count). The van der Waals surface area contributed by atoms with Gasteiger partial charge in [-0.2, -0.15) is 0 Å². The first-order valence-corrected chi connectivity index (χ1v) is 10.6. The van der Waals surface area contributed by atoms with Crippen molar-refractivity contribution in [3.8, 4) is 0 Å². The molecule has 2 aromatic carbocycles. The van der Waals surface area contributed by atoms with Crippen molar-refractivity contribution in [2.24, 2.45) is 0 Å². The quantitative estimate of drug-likeness (QED) is 0.563. The monoisotopic (exact) mass is 407 g/mol. The van der Waals surface area contributed by atoms with Crippen molar-refractivity contribution in [1.82, 2.24) is 14.5 Å². The maximum absolute atomic E-state index is 12.4. The van der Waals surface area contributed by atoms with E-state index in [4.69, 9.17) is 4.74 Å². The molecule has 0 spiro atoms. The summed E-state index contributed by atoms with van der Waals surface area (Å²) < 4.78 is 7.48. The Labute approximate surface area is 176 Å². The molecular formula is C24H29N3O3. The second-order valence-corrected chi connectivity index (χ2v) is 7.85. The summed E-state index contributed by atoms with van der Waals surface area (Å²) in [5.74, 6) is 0. The predicted octanol–water partition coefficient (Wildman–Crippen LogP) is 3.06. The summed E-state index contributed by atoms with van der Waals surface area (Å²) in [5, 5.41) is 10.3. The number of likely N-dealkylation sites (tertiary alicyclic amines) is 1. The molecule has 1 aromatic heterocycles. The molecule has 158 valence electrons. The van der Waals surface area contributed by atoms with Gasteiger partial charge in [-0.15, -0.1) is 0 Å². The van der Waals surface area contributed by atoms with Crippen LogP contribution in [0.15, 0.2) is 65.5 Å². The highest BCUT2D eigenvalue weighted by atomic mass is 16.5. The van der Waals surface area contributed by atoms with E-state index in [1.165, 1.54) is 0 Å². The third-order valence-corrected chi connectivity index (χ3v) is 5.65. The number of β-amino-alcohol motifs (C(OH)–C–C–N with tert-alkyl or cyclic N) is 1. The van der Waals surface area contributed by atoms with Gasteiger partial charge in [0, 0.05) is 25.7 Å². The number of imidazole rings is 1. The topological polar surface area (TPSA) is 70.5 Å². The number of para-hydroxylation sites is 2. The SMILES string of the molecule is O=c1[nH]c2ccccc2n1C1CCN(CC(O)COC/C=C/c2ccccc2)CC1. The van der Waals surface area contributed by atoms with Crippen molar-refractivity contribution >= 4 is 17.1 Å². The average molecular weight is 408 g/mol. The molecule has 1 saturated heterocycles. The molecule has 2 N–H and O–H groups in total. The number of aliphatic hydroxyl groups is 1. The largest absolute Gasteiger partial charge is 0.389 e. The van der Waals surface area contributed by atoms with Crippen LogP contribution < -0.4 is 5.69 Å². The van der Waals surface area contributed by atoms with Crippen LogP contribution in [0, 0.1) is 0 Å². The number of nitrogens with zero attached hydrogens (tertiary/aromatic N) is 2. The molecular weight excluding hydrogens is 378 g/mol. The molecule has 1 aliphatic rings. The number of rotatable bonds is 8. The fourth-order valence-electron chi connectivity index (χ4n) is 4.17. The molecule has 0 radical (unpaired) electrons. The van der Waals surface area contributed by atoms with E-state index in [0.29, 0.717) is 19.8 Å². The number of aromatic nitrogens is 2. The number of aliphatic hydroxyl groups excluding tert-OH is 1. The second-order valence-electron chi connectivity index (χ2n) is 7.85. The minimum Gasteiger partial charge on any atom is -0.389 e. The number of hydrogen-bond donors (Lipinski definition) is 2. The van der Waals surface area contributed by atoms with Crippen LogP contribution in [-0.4, -0.2) is 58.5 Å². The van der Waals surface area contributed by atoms with E-state index in [1.807, 2.05) is 71.3 Å². The standard InChI is InChI=1S/C24H29N3O3/c28-21(18-30-16-6-9-19-7-2-1-3-8-19)17-26-14-12-20(13-15-26)27-23-11-5-4-10-22(23)25-24(27)29/h1-11,20-21,28H,12-18H2,(H,25,29)/b9-6+. The highest BCUT2D eigenvalue weighted by Crippen LogP contribution is 2.24. The molecule has 0 bridgehead atoms. The minimum absolute atomic E-state index is 0.0355. The molecule has 1 aliphatic heterocycles. The minimum atomic E-state index is -0.512. The van der Waals surface area contributed by atoms with Gasteiger partial charge in [-0.05, 0) is 30.5 Å². The molecule has 1 atom stereocenters. The number of hydrogen-bond acceptors (Lipinski definition) is 4. The highest BCUT2D eigenvalue weighted by Gasteiger charge is 2.24. The summed E-state index contributed by atoms with van der Waals surface area (Å²) in [7, 11) is 0. The molecule has 0 aliphatic carbocycles. The van der Waals surface area contributed by atoms with Crippen LogP contribution in [-0.2, 0) is 4.74 Å². The van der Waals surface area contributed by atoms with E-state index < -0.39 is 6.10 Å². The van der Waals surface area contributed by atoms with Crippen LogP contribution in [0.25, 0.3) is 17.1 Å². The van der Waals surface area contributed by atoms with Crippen molar-refractivity contribution in [3.63, 3.8) is 0 Å². The molecule has 1 fully saturated rings. The average Bonchev–Trinajstić information content (AvgIpc) is 3.10. The predicted molar refractivity (Wildman–Crippen MR) is 120 cm³/mol. The molecule has 0 saturated carbocycles. The van der Waals surface area contributed by atoms with Crippen LogP contribution >= 0.6 is 0 Å². The number of benzene rings is 2. The molecule has 0 amide bonds. The van der Waals surface area contributed by atoms with Crippen molar-refractivity contribution < 1.29 is 9.84 Å². The first kappa shape index (κ1) is 20.6. The number of fused-ring (bicyclic) bond motifs is 1. The van der Waals surface area contributed by atoms with Gasteiger partial charge in [0.1, 0.15) is 0 Å². The van der Waals surface area contributed by atoms with Gasteiger partial charge in [-0.1, -0.05) is 54.6 Å². The second kappa shape index (κ2) is 9.89. The van der Waals surface area contributed by atoms with E-state index in [0.717, 1.165) is 42.5 Å². The Morgan fingerprint density at radius 1 is 1.10 bits per heavy atom. The smallest absolute Gasteiger partial charge is 0.326 e. The lowest BCUT2D eigenvalue weighted by molar-refractivity contribution is 0.0198. The highest BCUT2D eigenvalue weighted by molar-refractivity contribution is 5.75. The third kappa shape index (κ3) is 5.08. The number of ether oxygens (including phenoxy) is 1. The summed E-state index contributed by atoms with van der Waals surface area (Å²) in [6, 6.07) is 18.1. The van der Waals surface area contributed by atoms with E-state index >= 15 is 0 Å². The molecule has 6 nitrogen and oxygen atoms in total. The lowest BCUT2D eigenvalue weighted by Gasteiger charge is -2.33. The van der Waals surface area contributed by atoms with Gasteiger partial charge in [-0.25, -0.2) is 4.79 Å². The van der Waals surface area contributed by atoms with Gasteiger partial charge in [-0.3, -0.25) is 4.57 Å². The number of nitrogens with one attached hydrogen (secondary N) is 1. The van der Waals surface area contributed by atoms with Crippen LogP contribution in [0.1, 0.15) is 24.4 Å². The zero-order chi connectivity index (χ0) is 20.8. The lowest BCUT2D eigenvalue weighted by Crippen LogP contribution is -2.41. The van der Waals surface area contributed by atoms with E-state index in [9.17, 15) is 9.90 Å². The summed E-state index contributed by atoms with van der Waals surface area (Å²) in [6.45, 7) is 3.12. The van der Waals surface area contributed by atoms with Gasteiger partial charge in [0.25, 0.3) is 0 Å². The Morgan fingerprint density at radius 3 is 2.63 bits per heavy atom. The van der Waals surface area contributed by atoms with Crippen molar-refractivity contribution in [2.45, 2.75) is 25.0 Å². The van der Waals surface area contributed by atoms with E-state index in [-0.39, 0.29) is 11.7 Å². The molecule has 1 unspecified atom stereocenters. The Kier molecular flexibility index (Phi) is 6.79. The fourth-order valence-corrected chi connectivity index (χ4v) is 4.17. The Balaban J connectivity index is 1.20. The number of piperidine rings is 1. The van der Waals surface area contributed by atoms with Gasteiger partial charge in [0.2, 0.25) is 0 Å². The van der Waals surface area contributed by atoms with Crippen LogP contribution in [0.4, 0.5) is 0 Å².